The number of anilines is 1. The van der Waals surface area contributed by atoms with Crippen LogP contribution in [-0.2, 0) is 25.7 Å². The molecule has 0 saturated carbocycles. The average molecular weight is 622 g/mol. The quantitative estimate of drug-likeness (QED) is 0.272. The van der Waals surface area contributed by atoms with Gasteiger partial charge in [-0.1, -0.05) is 30.7 Å². The topological polar surface area (TPSA) is 159 Å². The van der Waals surface area contributed by atoms with Crippen LogP contribution in [0.25, 0.3) is 22.1 Å². The number of H-pyrrole nitrogens is 1. The minimum absolute atomic E-state index is 0.0143. The highest BCUT2D eigenvalue weighted by Crippen LogP contribution is 2.36. The van der Waals surface area contributed by atoms with Crippen LogP contribution >= 0.6 is 11.6 Å². The van der Waals surface area contributed by atoms with Gasteiger partial charge >= 0.3 is 11.9 Å². The number of nitrogens with zero attached hydrogens (tertiary/aromatic N) is 4. The van der Waals surface area contributed by atoms with E-state index in [9.17, 15) is 24.3 Å². The number of aromatic nitrogens is 3. The third-order valence-electron chi connectivity index (χ3n) is 8.52. The Kier molecular flexibility index (Phi) is 8.26. The molecular formula is C31H32ClN5O7. The molecule has 2 saturated heterocycles. The number of para-hydroxylation sites is 1. The molecule has 6 rings (SSSR count). The van der Waals surface area contributed by atoms with Crippen LogP contribution in [0.3, 0.4) is 0 Å². The molecule has 5 heterocycles. The minimum Gasteiger partial charge on any atom is -0.480 e. The summed E-state index contributed by atoms with van der Waals surface area (Å²) in [6.45, 7) is 3.18. The van der Waals surface area contributed by atoms with E-state index in [1.807, 2.05) is 25.1 Å². The fraction of sp³-hybridized carbons (Fsp3) is 0.419. The maximum absolute atomic E-state index is 12.9. The molecule has 0 aliphatic carbocycles. The van der Waals surface area contributed by atoms with E-state index < -0.39 is 18.0 Å². The summed E-state index contributed by atoms with van der Waals surface area (Å²) in [5, 5.41) is 11.0. The van der Waals surface area contributed by atoms with Crippen molar-refractivity contribution in [3.05, 3.63) is 63.3 Å². The number of carboxylic acids is 1. The first kappa shape index (κ1) is 29.6. The monoisotopic (exact) mass is 621 g/mol. The SMILES string of the molecule is C[C@H]1CN(C(=O)CCC(=O)OCc2nc(N3CCC[C@H]3C(=O)O)c3oc4ccccc4c3n2)CC[C@H]1c1cc(Cl)c[nH]c1=O. The Morgan fingerprint density at radius 3 is 2.77 bits per heavy atom. The second-order valence-electron chi connectivity index (χ2n) is 11.4. The van der Waals surface area contributed by atoms with Crippen molar-refractivity contribution in [3.8, 4) is 0 Å². The van der Waals surface area contributed by atoms with Gasteiger partial charge in [0.2, 0.25) is 5.91 Å². The normalized spacial score (nSPS) is 20.4. The van der Waals surface area contributed by atoms with Gasteiger partial charge in [-0.3, -0.25) is 14.4 Å². The number of fused-ring (bicyclic) bond motifs is 3. The van der Waals surface area contributed by atoms with Crippen LogP contribution in [0.4, 0.5) is 5.82 Å². The number of amides is 1. The van der Waals surface area contributed by atoms with Gasteiger partial charge in [0, 0.05) is 43.2 Å². The Labute approximate surface area is 257 Å². The predicted molar refractivity (Wildman–Crippen MR) is 162 cm³/mol. The van der Waals surface area contributed by atoms with Crippen molar-refractivity contribution in [1.29, 1.82) is 0 Å². The molecule has 0 bridgehead atoms. The lowest BCUT2D eigenvalue weighted by Crippen LogP contribution is -2.43. The number of likely N-dealkylation sites (tertiary alicyclic amines) is 1. The number of pyridine rings is 1. The van der Waals surface area contributed by atoms with Crippen molar-refractivity contribution in [2.24, 2.45) is 5.92 Å². The second-order valence-corrected chi connectivity index (χ2v) is 11.8. The van der Waals surface area contributed by atoms with E-state index in [0.29, 0.717) is 72.0 Å². The number of carbonyl (C=O) groups is 3. The highest BCUT2D eigenvalue weighted by atomic mass is 35.5. The molecule has 230 valence electrons. The molecule has 4 aromatic rings. The number of ether oxygens (including phenoxy) is 1. The Morgan fingerprint density at radius 2 is 1.98 bits per heavy atom. The summed E-state index contributed by atoms with van der Waals surface area (Å²) in [4.78, 5) is 65.1. The van der Waals surface area contributed by atoms with Crippen LogP contribution in [0, 0.1) is 5.92 Å². The zero-order chi connectivity index (χ0) is 31.0. The lowest BCUT2D eigenvalue weighted by Gasteiger charge is -2.37. The van der Waals surface area contributed by atoms with E-state index in [2.05, 4.69) is 15.0 Å². The molecular weight excluding hydrogens is 590 g/mol. The van der Waals surface area contributed by atoms with Crippen molar-refractivity contribution >= 4 is 57.3 Å². The fourth-order valence-corrected chi connectivity index (χ4v) is 6.50. The number of carbonyl (C=O) groups excluding carboxylic acids is 2. The fourth-order valence-electron chi connectivity index (χ4n) is 6.33. The zero-order valence-electron chi connectivity index (χ0n) is 24.1. The summed E-state index contributed by atoms with van der Waals surface area (Å²) in [6.07, 6.45) is 3.12. The van der Waals surface area contributed by atoms with Gasteiger partial charge in [-0.05, 0) is 49.3 Å². The highest BCUT2D eigenvalue weighted by molar-refractivity contribution is 6.30. The smallest absolute Gasteiger partial charge is 0.326 e. The largest absolute Gasteiger partial charge is 0.480 e. The summed E-state index contributed by atoms with van der Waals surface area (Å²) in [6, 6.07) is 8.28. The number of hydrogen-bond donors (Lipinski definition) is 2. The molecule has 44 heavy (non-hydrogen) atoms. The zero-order valence-corrected chi connectivity index (χ0v) is 24.9. The third kappa shape index (κ3) is 5.86. The first-order valence-corrected chi connectivity index (χ1v) is 15.1. The van der Waals surface area contributed by atoms with Crippen LogP contribution < -0.4 is 10.5 Å². The second kappa shape index (κ2) is 12.3. The van der Waals surface area contributed by atoms with Crippen molar-refractivity contribution in [3.63, 3.8) is 0 Å². The predicted octanol–water partition coefficient (Wildman–Crippen LogP) is 4.25. The molecule has 3 aromatic heterocycles. The molecule has 2 N–H and O–H groups in total. The molecule has 2 aliphatic rings. The molecule has 0 radical (unpaired) electrons. The summed E-state index contributed by atoms with van der Waals surface area (Å²) >= 11 is 6.08. The minimum atomic E-state index is -0.945. The lowest BCUT2D eigenvalue weighted by molar-refractivity contribution is -0.147. The van der Waals surface area contributed by atoms with E-state index in [1.165, 1.54) is 6.20 Å². The molecule has 0 spiro atoms. The number of esters is 1. The van der Waals surface area contributed by atoms with Crippen molar-refractivity contribution in [2.75, 3.05) is 24.5 Å². The first-order valence-electron chi connectivity index (χ1n) is 14.7. The lowest BCUT2D eigenvalue weighted by atomic mass is 9.82. The van der Waals surface area contributed by atoms with Gasteiger partial charge in [-0.25, -0.2) is 14.8 Å². The van der Waals surface area contributed by atoms with Gasteiger partial charge in [-0.15, -0.1) is 0 Å². The third-order valence-corrected chi connectivity index (χ3v) is 8.74. The van der Waals surface area contributed by atoms with Gasteiger partial charge in [0.05, 0.1) is 11.4 Å². The number of benzene rings is 1. The maximum atomic E-state index is 12.9. The van der Waals surface area contributed by atoms with Gasteiger partial charge < -0.3 is 29.0 Å². The van der Waals surface area contributed by atoms with Crippen LogP contribution in [-0.4, -0.2) is 68.5 Å². The van der Waals surface area contributed by atoms with Crippen molar-refractivity contribution in [2.45, 2.75) is 57.6 Å². The summed E-state index contributed by atoms with van der Waals surface area (Å²) < 4.78 is 11.5. The molecule has 12 nitrogen and oxygen atoms in total. The molecule has 1 aromatic carbocycles. The van der Waals surface area contributed by atoms with Gasteiger partial charge in [0.25, 0.3) is 5.56 Å². The van der Waals surface area contributed by atoms with E-state index >= 15 is 0 Å². The Hall–Kier alpha value is -4.45. The first-order chi connectivity index (χ1) is 21.2. The van der Waals surface area contributed by atoms with Gasteiger partial charge in [0.1, 0.15) is 17.1 Å². The number of rotatable bonds is 8. The van der Waals surface area contributed by atoms with E-state index in [4.69, 9.17) is 20.8 Å². The standard InChI is InChI=1S/C31H32ClN5O7/c1-17-15-36(12-10-19(17)21-13-18(32)14-33-30(21)40)25(38)8-9-26(39)43-16-24-34-27-20-5-2-3-7-23(20)44-28(27)29(35-24)37-11-4-6-22(37)31(41)42/h2-3,5,7,13-14,17,19,22H,4,6,8-12,15-16H2,1H3,(H,33,40)(H,41,42)/t17-,19+,22-/m0/s1. The van der Waals surface area contributed by atoms with Gasteiger partial charge in [-0.2, -0.15) is 0 Å². The molecule has 3 atom stereocenters. The van der Waals surface area contributed by atoms with Gasteiger partial charge in [0.15, 0.2) is 23.8 Å². The Bertz CT molecular complexity index is 1800. The number of aliphatic carboxylic acids is 1. The molecule has 13 heteroatoms. The summed E-state index contributed by atoms with van der Waals surface area (Å²) in [7, 11) is 0. The Morgan fingerprint density at radius 1 is 1.16 bits per heavy atom. The van der Waals surface area contributed by atoms with Crippen molar-refractivity contribution < 1.29 is 28.6 Å². The molecule has 2 aliphatic heterocycles. The number of carboxylic acid groups (broad SMARTS) is 1. The van der Waals surface area contributed by atoms with E-state index in [1.54, 1.807) is 21.9 Å². The van der Waals surface area contributed by atoms with Crippen LogP contribution in [0.5, 0.6) is 0 Å². The number of nitrogens with one attached hydrogen (secondary N) is 1. The van der Waals surface area contributed by atoms with Crippen LogP contribution in [0.2, 0.25) is 5.02 Å². The maximum Gasteiger partial charge on any atom is 0.326 e. The average Bonchev–Trinajstić information content (AvgIpc) is 3.65. The highest BCUT2D eigenvalue weighted by Gasteiger charge is 2.35. The number of halogens is 1. The number of hydrogen-bond acceptors (Lipinski definition) is 9. The number of piperidine rings is 1. The van der Waals surface area contributed by atoms with Crippen LogP contribution in [0.15, 0.2) is 45.7 Å². The summed E-state index contributed by atoms with van der Waals surface area (Å²) in [5.74, 6) is -1.09. The molecule has 1 amide bonds. The van der Waals surface area contributed by atoms with Crippen LogP contribution in [0.1, 0.15) is 56.3 Å². The number of furan rings is 1. The molecule has 2 fully saturated rings. The van der Waals surface area contributed by atoms with Crippen molar-refractivity contribution in [1.82, 2.24) is 19.9 Å². The van der Waals surface area contributed by atoms with E-state index in [-0.39, 0.29) is 48.6 Å². The van der Waals surface area contributed by atoms with E-state index in [0.717, 1.165) is 5.39 Å². The number of aromatic amines is 1. The Balaban J connectivity index is 1.10. The summed E-state index contributed by atoms with van der Waals surface area (Å²) in [5.41, 5.74) is 1.94. The molecule has 0 unspecified atom stereocenters.